The molecule has 0 spiro atoms. The number of aryl methyl sites for hydroxylation is 2. The molecule has 0 aliphatic rings. The summed E-state index contributed by atoms with van der Waals surface area (Å²) in [6.07, 6.45) is 0.826. The van der Waals surface area contributed by atoms with Gasteiger partial charge in [0.15, 0.2) is 5.13 Å². The van der Waals surface area contributed by atoms with Crippen LogP contribution in [-0.2, 0) is 6.42 Å². The summed E-state index contributed by atoms with van der Waals surface area (Å²) in [5.74, 6) is 0.307. The van der Waals surface area contributed by atoms with Crippen molar-refractivity contribution in [3.05, 3.63) is 39.9 Å². The van der Waals surface area contributed by atoms with Crippen LogP contribution >= 0.6 is 11.3 Å². The number of hydrogen-bond acceptors (Lipinski definition) is 4. The van der Waals surface area contributed by atoms with Gasteiger partial charge in [0.2, 0.25) is 0 Å². The zero-order valence-corrected chi connectivity index (χ0v) is 10.1. The quantitative estimate of drug-likeness (QED) is 0.839. The van der Waals surface area contributed by atoms with Gasteiger partial charge in [-0.15, -0.1) is 11.3 Å². The van der Waals surface area contributed by atoms with E-state index >= 15 is 0 Å². The summed E-state index contributed by atoms with van der Waals surface area (Å²) in [7, 11) is 0. The second kappa shape index (κ2) is 4.14. The number of nitrogen functional groups attached to an aromatic ring is 1. The minimum atomic E-state index is 0.307. The first-order chi connectivity index (χ1) is 7.56. The standard InChI is InChI=1S/C12H14N2OS/c1-7-5-10(15)4-3-9(7)6-11-8(2)14-12(13)16-11/h3-5,15H,6H2,1-2H3,(H2,13,14). The number of thiazole rings is 1. The monoisotopic (exact) mass is 234 g/mol. The van der Waals surface area contributed by atoms with Crippen molar-refractivity contribution in [2.45, 2.75) is 20.3 Å². The van der Waals surface area contributed by atoms with Gasteiger partial charge in [0.1, 0.15) is 5.75 Å². The zero-order chi connectivity index (χ0) is 11.7. The molecule has 84 valence electrons. The summed E-state index contributed by atoms with van der Waals surface area (Å²) in [4.78, 5) is 5.39. The van der Waals surface area contributed by atoms with Gasteiger partial charge in [-0.3, -0.25) is 0 Å². The van der Waals surface area contributed by atoms with Crippen LogP contribution in [-0.4, -0.2) is 10.1 Å². The molecule has 0 fully saturated rings. The molecular formula is C12H14N2OS. The predicted octanol–water partition coefficient (Wildman–Crippen LogP) is 2.64. The van der Waals surface area contributed by atoms with Crippen LogP contribution < -0.4 is 5.73 Å². The molecule has 0 atom stereocenters. The van der Waals surface area contributed by atoms with Crippen LogP contribution in [0.5, 0.6) is 5.75 Å². The Kier molecular flexibility index (Phi) is 2.83. The molecular weight excluding hydrogens is 220 g/mol. The van der Waals surface area contributed by atoms with E-state index in [0.29, 0.717) is 10.9 Å². The molecule has 2 aromatic rings. The highest BCUT2D eigenvalue weighted by molar-refractivity contribution is 7.15. The van der Waals surface area contributed by atoms with Gasteiger partial charge in [-0.2, -0.15) is 0 Å². The number of anilines is 1. The highest BCUT2D eigenvalue weighted by Crippen LogP contribution is 2.25. The second-order valence-electron chi connectivity index (χ2n) is 3.85. The highest BCUT2D eigenvalue weighted by atomic mass is 32.1. The number of benzene rings is 1. The van der Waals surface area contributed by atoms with E-state index < -0.39 is 0 Å². The molecule has 3 N–H and O–H groups in total. The minimum Gasteiger partial charge on any atom is -0.508 e. The summed E-state index contributed by atoms with van der Waals surface area (Å²) in [5.41, 5.74) is 8.95. The van der Waals surface area contributed by atoms with Crippen molar-refractivity contribution >= 4 is 16.5 Å². The molecule has 0 bridgehead atoms. The van der Waals surface area contributed by atoms with Gasteiger partial charge in [-0.05, 0) is 37.1 Å². The first-order valence-corrected chi connectivity index (χ1v) is 5.88. The van der Waals surface area contributed by atoms with Gasteiger partial charge >= 0.3 is 0 Å². The Labute approximate surface area is 98.6 Å². The number of rotatable bonds is 2. The summed E-state index contributed by atoms with van der Waals surface area (Å²) in [5, 5.41) is 9.95. The summed E-state index contributed by atoms with van der Waals surface area (Å²) in [6.45, 7) is 3.96. The Balaban J connectivity index is 2.30. The Morgan fingerprint density at radius 1 is 1.38 bits per heavy atom. The third kappa shape index (κ3) is 2.17. The number of hydrogen-bond donors (Lipinski definition) is 2. The number of phenols is 1. The van der Waals surface area contributed by atoms with Crippen LogP contribution in [0.15, 0.2) is 18.2 Å². The molecule has 0 saturated carbocycles. The summed E-state index contributed by atoms with van der Waals surface area (Å²) < 4.78 is 0. The van der Waals surface area contributed by atoms with E-state index in [-0.39, 0.29) is 0 Å². The first kappa shape index (κ1) is 11.0. The van der Waals surface area contributed by atoms with Crippen molar-refractivity contribution in [1.29, 1.82) is 0 Å². The maximum Gasteiger partial charge on any atom is 0.180 e. The van der Waals surface area contributed by atoms with Gasteiger partial charge in [0, 0.05) is 11.3 Å². The van der Waals surface area contributed by atoms with Gasteiger partial charge < -0.3 is 10.8 Å². The van der Waals surface area contributed by atoms with Gasteiger partial charge in [-0.25, -0.2) is 4.98 Å². The third-order valence-electron chi connectivity index (χ3n) is 2.59. The lowest BCUT2D eigenvalue weighted by Crippen LogP contribution is -1.91. The van der Waals surface area contributed by atoms with Crippen LogP contribution in [0.2, 0.25) is 0 Å². The van der Waals surface area contributed by atoms with Crippen molar-refractivity contribution in [2.24, 2.45) is 0 Å². The molecule has 1 aromatic carbocycles. The average Bonchev–Trinajstić information content (AvgIpc) is 2.50. The molecule has 2 rings (SSSR count). The second-order valence-corrected chi connectivity index (χ2v) is 4.96. The Morgan fingerprint density at radius 3 is 2.69 bits per heavy atom. The molecule has 0 unspecified atom stereocenters. The SMILES string of the molecule is Cc1cc(O)ccc1Cc1sc(N)nc1C. The van der Waals surface area contributed by atoms with E-state index in [9.17, 15) is 5.11 Å². The number of phenolic OH excluding ortho intramolecular Hbond substituents is 1. The summed E-state index contributed by atoms with van der Waals surface area (Å²) in [6, 6.07) is 5.43. The summed E-state index contributed by atoms with van der Waals surface area (Å²) >= 11 is 1.53. The number of nitrogens with zero attached hydrogens (tertiary/aromatic N) is 1. The predicted molar refractivity (Wildman–Crippen MR) is 66.9 cm³/mol. The van der Waals surface area contributed by atoms with Crippen molar-refractivity contribution in [3.63, 3.8) is 0 Å². The molecule has 0 radical (unpaired) electrons. The molecule has 16 heavy (non-hydrogen) atoms. The molecule has 0 aliphatic heterocycles. The van der Waals surface area contributed by atoms with Crippen molar-refractivity contribution in [2.75, 3.05) is 5.73 Å². The van der Waals surface area contributed by atoms with E-state index in [1.165, 1.54) is 21.8 Å². The maximum absolute atomic E-state index is 9.33. The van der Waals surface area contributed by atoms with E-state index in [2.05, 4.69) is 4.98 Å². The third-order valence-corrected chi connectivity index (χ3v) is 3.57. The van der Waals surface area contributed by atoms with E-state index in [1.807, 2.05) is 19.9 Å². The van der Waals surface area contributed by atoms with E-state index in [1.54, 1.807) is 12.1 Å². The molecule has 3 nitrogen and oxygen atoms in total. The number of aromatic hydroxyl groups is 1. The molecule has 0 amide bonds. The topological polar surface area (TPSA) is 59.1 Å². The average molecular weight is 234 g/mol. The van der Waals surface area contributed by atoms with E-state index in [0.717, 1.165) is 17.7 Å². The number of nitrogens with two attached hydrogens (primary N) is 1. The van der Waals surface area contributed by atoms with E-state index in [4.69, 9.17) is 5.73 Å². The lowest BCUT2D eigenvalue weighted by atomic mass is 10.0. The fourth-order valence-electron chi connectivity index (χ4n) is 1.67. The Bertz CT molecular complexity index is 520. The lowest BCUT2D eigenvalue weighted by Gasteiger charge is -2.05. The number of aromatic nitrogens is 1. The van der Waals surface area contributed by atoms with Crippen molar-refractivity contribution in [3.8, 4) is 5.75 Å². The van der Waals surface area contributed by atoms with Crippen molar-refractivity contribution in [1.82, 2.24) is 4.98 Å². The normalized spacial score (nSPS) is 10.6. The highest BCUT2D eigenvalue weighted by Gasteiger charge is 2.08. The molecule has 1 aromatic heterocycles. The fraction of sp³-hybridized carbons (Fsp3) is 0.250. The largest absolute Gasteiger partial charge is 0.508 e. The lowest BCUT2D eigenvalue weighted by molar-refractivity contribution is 0.474. The van der Waals surface area contributed by atoms with Gasteiger partial charge in [0.25, 0.3) is 0 Å². The van der Waals surface area contributed by atoms with Crippen LogP contribution in [0.25, 0.3) is 0 Å². The van der Waals surface area contributed by atoms with Crippen LogP contribution in [0, 0.1) is 13.8 Å². The minimum absolute atomic E-state index is 0.307. The Hall–Kier alpha value is -1.55. The van der Waals surface area contributed by atoms with Gasteiger partial charge in [0.05, 0.1) is 5.69 Å². The molecule has 0 aliphatic carbocycles. The Morgan fingerprint density at radius 2 is 2.12 bits per heavy atom. The van der Waals surface area contributed by atoms with Crippen LogP contribution in [0.1, 0.15) is 21.7 Å². The van der Waals surface area contributed by atoms with Crippen molar-refractivity contribution < 1.29 is 5.11 Å². The maximum atomic E-state index is 9.33. The molecule has 4 heteroatoms. The first-order valence-electron chi connectivity index (χ1n) is 5.06. The van der Waals surface area contributed by atoms with Crippen LogP contribution in [0.4, 0.5) is 5.13 Å². The van der Waals surface area contributed by atoms with Gasteiger partial charge in [-0.1, -0.05) is 6.07 Å². The fourth-order valence-corrected chi connectivity index (χ4v) is 2.52. The molecule has 1 heterocycles. The molecule has 0 saturated heterocycles. The van der Waals surface area contributed by atoms with Crippen LogP contribution in [0.3, 0.4) is 0 Å². The zero-order valence-electron chi connectivity index (χ0n) is 9.32. The smallest absolute Gasteiger partial charge is 0.180 e.